The van der Waals surface area contributed by atoms with Crippen molar-refractivity contribution >= 4 is 0 Å². The fourth-order valence-electron chi connectivity index (χ4n) is 2.28. The zero-order valence-electron chi connectivity index (χ0n) is 12.8. The largest absolute Gasteiger partial charge is 0.320 e. The molecule has 0 saturated carbocycles. The first-order valence-electron chi connectivity index (χ1n) is 7.43. The summed E-state index contributed by atoms with van der Waals surface area (Å²) in [6, 6.07) is 0. The van der Waals surface area contributed by atoms with Gasteiger partial charge >= 0.3 is 0 Å². The van der Waals surface area contributed by atoms with E-state index < -0.39 is 0 Å². The normalized spacial score (nSPS) is 12.0. The molecule has 0 fully saturated rings. The van der Waals surface area contributed by atoms with Gasteiger partial charge in [0.25, 0.3) is 0 Å². The van der Waals surface area contributed by atoms with Gasteiger partial charge in [-0.15, -0.1) is 0 Å². The van der Waals surface area contributed by atoms with E-state index in [1.807, 2.05) is 7.05 Å². The van der Waals surface area contributed by atoms with Gasteiger partial charge in [-0.25, -0.2) is 0 Å². The molecule has 0 rings (SSSR count). The molecule has 0 aliphatic heterocycles. The highest BCUT2D eigenvalue weighted by Gasteiger charge is 2.08. The molecule has 0 aromatic carbocycles. The van der Waals surface area contributed by atoms with Crippen LogP contribution in [0.25, 0.3) is 0 Å². The Kier molecular flexibility index (Phi) is 11.0. The standard InChI is InChI=1S/C15H34N2/c1-14(2)12-17(13-15(3)4)11-9-7-6-8-10-16-5/h14-16H,6-13H2,1-5H3. The second-order valence-electron chi connectivity index (χ2n) is 6.07. The summed E-state index contributed by atoms with van der Waals surface area (Å²) < 4.78 is 0. The topological polar surface area (TPSA) is 15.3 Å². The van der Waals surface area contributed by atoms with E-state index in [1.165, 1.54) is 51.9 Å². The van der Waals surface area contributed by atoms with E-state index in [2.05, 4.69) is 37.9 Å². The van der Waals surface area contributed by atoms with E-state index >= 15 is 0 Å². The van der Waals surface area contributed by atoms with Crippen LogP contribution in [-0.4, -0.2) is 38.1 Å². The Morgan fingerprint density at radius 3 is 1.82 bits per heavy atom. The SMILES string of the molecule is CNCCCCCCN(CC(C)C)CC(C)C. The zero-order chi connectivity index (χ0) is 13.1. The molecule has 0 atom stereocenters. The average Bonchev–Trinajstić information content (AvgIpc) is 2.21. The summed E-state index contributed by atoms with van der Waals surface area (Å²) >= 11 is 0. The van der Waals surface area contributed by atoms with Crippen LogP contribution >= 0.6 is 0 Å². The molecule has 0 aliphatic rings. The molecule has 0 aliphatic carbocycles. The lowest BCUT2D eigenvalue weighted by Gasteiger charge is -2.26. The van der Waals surface area contributed by atoms with Gasteiger partial charge in [-0.05, 0) is 44.8 Å². The van der Waals surface area contributed by atoms with Gasteiger partial charge in [0.1, 0.15) is 0 Å². The summed E-state index contributed by atoms with van der Waals surface area (Å²) in [5, 5.41) is 3.21. The van der Waals surface area contributed by atoms with Gasteiger partial charge in [0.15, 0.2) is 0 Å². The number of nitrogens with zero attached hydrogens (tertiary/aromatic N) is 1. The maximum absolute atomic E-state index is 3.21. The lowest BCUT2D eigenvalue weighted by atomic mass is 10.1. The van der Waals surface area contributed by atoms with Gasteiger partial charge in [0.05, 0.1) is 0 Å². The van der Waals surface area contributed by atoms with Crippen molar-refractivity contribution in [1.29, 1.82) is 0 Å². The summed E-state index contributed by atoms with van der Waals surface area (Å²) in [5.41, 5.74) is 0. The molecule has 0 unspecified atom stereocenters. The molecule has 0 spiro atoms. The summed E-state index contributed by atoms with van der Waals surface area (Å²) in [6.45, 7) is 14.3. The fourth-order valence-corrected chi connectivity index (χ4v) is 2.28. The Labute approximate surface area is 109 Å². The Balaban J connectivity index is 3.60. The van der Waals surface area contributed by atoms with E-state index in [0.717, 1.165) is 11.8 Å². The minimum atomic E-state index is 0.790. The van der Waals surface area contributed by atoms with Crippen molar-refractivity contribution in [3.05, 3.63) is 0 Å². The van der Waals surface area contributed by atoms with Crippen molar-refractivity contribution in [2.45, 2.75) is 53.4 Å². The highest BCUT2D eigenvalue weighted by atomic mass is 15.1. The molecular formula is C15H34N2. The third kappa shape index (κ3) is 12.2. The quantitative estimate of drug-likeness (QED) is 0.559. The van der Waals surface area contributed by atoms with Gasteiger partial charge < -0.3 is 10.2 Å². The second-order valence-corrected chi connectivity index (χ2v) is 6.07. The third-order valence-corrected chi connectivity index (χ3v) is 2.90. The van der Waals surface area contributed by atoms with Crippen LogP contribution in [0.15, 0.2) is 0 Å². The van der Waals surface area contributed by atoms with Gasteiger partial charge in [0, 0.05) is 13.1 Å². The van der Waals surface area contributed by atoms with Gasteiger partial charge in [-0.3, -0.25) is 0 Å². The second kappa shape index (κ2) is 11.0. The Morgan fingerprint density at radius 2 is 1.35 bits per heavy atom. The van der Waals surface area contributed by atoms with Crippen LogP contribution in [0.1, 0.15) is 53.4 Å². The number of rotatable bonds is 11. The van der Waals surface area contributed by atoms with Crippen LogP contribution in [0.3, 0.4) is 0 Å². The highest BCUT2D eigenvalue weighted by molar-refractivity contribution is 4.62. The number of hydrogen-bond donors (Lipinski definition) is 1. The van der Waals surface area contributed by atoms with Gasteiger partial charge in [-0.2, -0.15) is 0 Å². The zero-order valence-corrected chi connectivity index (χ0v) is 12.8. The number of hydrogen-bond acceptors (Lipinski definition) is 2. The number of unbranched alkanes of at least 4 members (excludes halogenated alkanes) is 3. The molecule has 0 aromatic rings. The summed E-state index contributed by atoms with van der Waals surface area (Å²) in [6.07, 6.45) is 5.44. The molecule has 104 valence electrons. The Bertz CT molecular complexity index is 145. The lowest BCUT2D eigenvalue weighted by molar-refractivity contribution is 0.215. The van der Waals surface area contributed by atoms with Crippen molar-refractivity contribution in [3.8, 4) is 0 Å². The van der Waals surface area contributed by atoms with E-state index in [4.69, 9.17) is 0 Å². The summed E-state index contributed by atoms with van der Waals surface area (Å²) in [4.78, 5) is 2.65. The van der Waals surface area contributed by atoms with Crippen LogP contribution in [0.2, 0.25) is 0 Å². The maximum atomic E-state index is 3.21. The lowest BCUT2D eigenvalue weighted by Crippen LogP contribution is -2.32. The van der Waals surface area contributed by atoms with Crippen molar-refractivity contribution in [2.24, 2.45) is 11.8 Å². The van der Waals surface area contributed by atoms with Crippen LogP contribution in [0, 0.1) is 11.8 Å². The minimum Gasteiger partial charge on any atom is -0.320 e. The first kappa shape index (κ1) is 16.9. The smallest absolute Gasteiger partial charge is 0.000449 e. The Morgan fingerprint density at radius 1 is 0.824 bits per heavy atom. The molecule has 0 heterocycles. The molecule has 17 heavy (non-hydrogen) atoms. The summed E-state index contributed by atoms with van der Waals surface area (Å²) in [5.74, 6) is 1.58. The van der Waals surface area contributed by atoms with Crippen molar-refractivity contribution in [1.82, 2.24) is 10.2 Å². The predicted octanol–water partition coefficient (Wildman–Crippen LogP) is 3.38. The van der Waals surface area contributed by atoms with Crippen molar-refractivity contribution < 1.29 is 0 Å². The van der Waals surface area contributed by atoms with Crippen LogP contribution in [-0.2, 0) is 0 Å². The predicted molar refractivity (Wildman–Crippen MR) is 78.5 cm³/mol. The average molecular weight is 242 g/mol. The molecule has 0 radical (unpaired) electrons. The molecule has 0 aromatic heterocycles. The van der Waals surface area contributed by atoms with Crippen molar-refractivity contribution in [3.63, 3.8) is 0 Å². The van der Waals surface area contributed by atoms with Gasteiger partial charge in [-0.1, -0.05) is 40.5 Å². The molecule has 0 amide bonds. The van der Waals surface area contributed by atoms with E-state index in [-0.39, 0.29) is 0 Å². The minimum absolute atomic E-state index is 0.790. The van der Waals surface area contributed by atoms with Crippen LogP contribution in [0.4, 0.5) is 0 Å². The Hall–Kier alpha value is -0.0800. The highest BCUT2D eigenvalue weighted by Crippen LogP contribution is 2.07. The summed E-state index contributed by atoms with van der Waals surface area (Å²) in [7, 11) is 2.03. The van der Waals surface area contributed by atoms with Crippen LogP contribution in [0.5, 0.6) is 0 Å². The first-order valence-corrected chi connectivity index (χ1v) is 7.43. The molecule has 2 nitrogen and oxygen atoms in total. The fraction of sp³-hybridized carbons (Fsp3) is 1.00. The molecule has 2 heteroatoms. The van der Waals surface area contributed by atoms with E-state index in [9.17, 15) is 0 Å². The van der Waals surface area contributed by atoms with Crippen LogP contribution < -0.4 is 5.32 Å². The molecule has 0 saturated heterocycles. The van der Waals surface area contributed by atoms with Crippen molar-refractivity contribution in [2.75, 3.05) is 33.2 Å². The van der Waals surface area contributed by atoms with Gasteiger partial charge in [0.2, 0.25) is 0 Å². The number of nitrogens with one attached hydrogen (secondary N) is 1. The van der Waals surface area contributed by atoms with E-state index in [1.54, 1.807) is 0 Å². The molecule has 1 N–H and O–H groups in total. The maximum Gasteiger partial charge on any atom is 0.000449 e. The van der Waals surface area contributed by atoms with E-state index in [0.29, 0.717) is 0 Å². The first-order chi connectivity index (χ1) is 8.06. The third-order valence-electron chi connectivity index (χ3n) is 2.90. The monoisotopic (exact) mass is 242 g/mol. The molecular weight excluding hydrogens is 208 g/mol. The molecule has 0 bridgehead atoms.